The van der Waals surface area contributed by atoms with Crippen molar-refractivity contribution in [3.8, 4) is 5.75 Å². The first-order valence-electron chi connectivity index (χ1n) is 11.3. The van der Waals surface area contributed by atoms with Crippen LogP contribution in [0.5, 0.6) is 5.75 Å². The van der Waals surface area contributed by atoms with Crippen LogP contribution < -0.4 is 25.2 Å². The van der Waals surface area contributed by atoms with E-state index in [2.05, 4.69) is 42.4 Å². The number of anilines is 6. The standard InChI is InChI=1S/C24H28N8O2/c1-16-13-26-24(28-18-5-7-21(25-14-18)32-10-8-30(2)9-11-32)29-23(16)27-17-4-6-20-19(12-17)31(3)22(33)15-34-20/h4-7,12-14H,8-11,15H2,1-3H3,(H2,26,27,28,29). The number of likely N-dealkylation sites (N-methyl/N-ethyl adjacent to an activating group) is 2. The van der Waals surface area contributed by atoms with E-state index in [4.69, 9.17) is 4.74 Å². The molecular formula is C24H28N8O2. The first kappa shape index (κ1) is 21.9. The minimum absolute atomic E-state index is 0.0571. The summed E-state index contributed by atoms with van der Waals surface area (Å²) in [7, 11) is 3.89. The monoisotopic (exact) mass is 460 g/mol. The van der Waals surface area contributed by atoms with E-state index in [1.165, 1.54) is 0 Å². The van der Waals surface area contributed by atoms with Gasteiger partial charge in [-0.15, -0.1) is 0 Å². The number of carbonyl (C=O) groups is 1. The van der Waals surface area contributed by atoms with E-state index in [1.54, 1.807) is 24.3 Å². The third-order valence-corrected chi connectivity index (χ3v) is 6.11. The number of nitrogens with zero attached hydrogens (tertiary/aromatic N) is 6. The fourth-order valence-electron chi connectivity index (χ4n) is 3.93. The number of fused-ring (bicyclic) bond motifs is 1. The molecule has 10 nitrogen and oxygen atoms in total. The summed E-state index contributed by atoms with van der Waals surface area (Å²) in [6.45, 7) is 6.03. The van der Waals surface area contributed by atoms with Crippen molar-refractivity contribution in [2.24, 2.45) is 0 Å². The molecule has 4 heterocycles. The molecule has 1 fully saturated rings. The lowest BCUT2D eigenvalue weighted by molar-refractivity contribution is -0.120. The molecule has 176 valence electrons. The number of carbonyl (C=O) groups excluding carboxylic acids is 1. The van der Waals surface area contributed by atoms with E-state index < -0.39 is 0 Å². The normalized spacial score (nSPS) is 16.1. The van der Waals surface area contributed by atoms with Gasteiger partial charge in [-0.2, -0.15) is 4.98 Å². The van der Waals surface area contributed by atoms with Crippen molar-refractivity contribution in [3.05, 3.63) is 48.3 Å². The highest BCUT2D eigenvalue weighted by Crippen LogP contribution is 2.34. The van der Waals surface area contributed by atoms with Gasteiger partial charge in [0.1, 0.15) is 17.4 Å². The smallest absolute Gasteiger partial charge is 0.264 e. The lowest BCUT2D eigenvalue weighted by Crippen LogP contribution is -2.44. The van der Waals surface area contributed by atoms with Crippen molar-refractivity contribution >= 4 is 40.6 Å². The molecule has 0 saturated carbocycles. The van der Waals surface area contributed by atoms with Gasteiger partial charge in [0.05, 0.1) is 17.6 Å². The van der Waals surface area contributed by atoms with Crippen molar-refractivity contribution in [1.82, 2.24) is 19.9 Å². The van der Waals surface area contributed by atoms with Gasteiger partial charge < -0.3 is 30.1 Å². The average molecular weight is 461 g/mol. The molecule has 0 unspecified atom stereocenters. The largest absolute Gasteiger partial charge is 0.482 e. The summed E-state index contributed by atoms with van der Waals surface area (Å²) in [6, 6.07) is 9.64. The minimum Gasteiger partial charge on any atom is -0.482 e. The maximum atomic E-state index is 12.0. The number of aryl methyl sites for hydroxylation is 1. The van der Waals surface area contributed by atoms with Crippen molar-refractivity contribution < 1.29 is 9.53 Å². The van der Waals surface area contributed by atoms with Gasteiger partial charge in [-0.1, -0.05) is 0 Å². The van der Waals surface area contributed by atoms with Crippen molar-refractivity contribution in [2.75, 3.05) is 67.3 Å². The van der Waals surface area contributed by atoms with Gasteiger partial charge in [-0.25, -0.2) is 9.97 Å². The number of benzene rings is 1. The average Bonchev–Trinajstić information content (AvgIpc) is 2.85. The van der Waals surface area contributed by atoms with E-state index in [-0.39, 0.29) is 12.5 Å². The number of rotatable bonds is 5. The van der Waals surface area contributed by atoms with Crippen molar-refractivity contribution in [2.45, 2.75) is 6.92 Å². The van der Waals surface area contributed by atoms with E-state index >= 15 is 0 Å². The predicted molar refractivity (Wildman–Crippen MR) is 133 cm³/mol. The third kappa shape index (κ3) is 4.58. The number of hydrogen-bond donors (Lipinski definition) is 2. The van der Waals surface area contributed by atoms with Crippen LogP contribution in [0.15, 0.2) is 42.7 Å². The van der Waals surface area contributed by atoms with Crippen LogP contribution in [0, 0.1) is 6.92 Å². The zero-order valence-electron chi connectivity index (χ0n) is 19.6. The highest BCUT2D eigenvalue weighted by Gasteiger charge is 2.22. The minimum atomic E-state index is -0.0818. The van der Waals surface area contributed by atoms with E-state index in [0.717, 1.165) is 54.6 Å². The molecule has 1 amide bonds. The quantitative estimate of drug-likeness (QED) is 0.595. The zero-order valence-corrected chi connectivity index (χ0v) is 19.6. The summed E-state index contributed by atoms with van der Waals surface area (Å²) in [5.74, 6) is 2.72. The Balaban J connectivity index is 1.29. The van der Waals surface area contributed by atoms with Crippen LogP contribution in [0.4, 0.5) is 34.6 Å². The van der Waals surface area contributed by atoms with Gasteiger partial charge in [0.25, 0.3) is 5.91 Å². The molecule has 0 atom stereocenters. The third-order valence-electron chi connectivity index (χ3n) is 6.11. The molecule has 2 aliphatic heterocycles. The van der Waals surface area contributed by atoms with E-state index in [9.17, 15) is 4.79 Å². The molecule has 5 rings (SSSR count). The summed E-state index contributed by atoms with van der Waals surface area (Å²) in [4.78, 5) is 31.8. The van der Waals surface area contributed by atoms with E-state index in [1.807, 2.05) is 37.3 Å². The van der Waals surface area contributed by atoms with Gasteiger partial charge in [-0.05, 0) is 44.3 Å². The SMILES string of the molecule is Cc1cnc(Nc2ccc(N3CCN(C)CC3)nc2)nc1Nc1ccc2c(c1)N(C)C(=O)CO2. The molecule has 34 heavy (non-hydrogen) atoms. The molecule has 0 radical (unpaired) electrons. The number of pyridine rings is 1. The lowest BCUT2D eigenvalue weighted by Gasteiger charge is -2.33. The summed E-state index contributed by atoms with van der Waals surface area (Å²) >= 11 is 0. The highest BCUT2D eigenvalue weighted by molar-refractivity contribution is 5.98. The molecular weight excluding hydrogens is 432 g/mol. The molecule has 2 N–H and O–H groups in total. The van der Waals surface area contributed by atoms with Crippen LogP contribution in [0.25, 0.3) is 0 Å². The summed E-state index contributed by atoms with van der Waals surface area (Å²) in [6.07, 6.45) is 3.57. The van der Waals surface area contributed by atoms with Gasteiger partial charge in [0.2, 0.25) is 5.95 Å². The number of piperazine rings is 1. The number of nitrogens with one attached hydrogen (secondary N) is 2. The molecule has 0 spiro atoms. The summed E-state index contributed by atoms with van der Waals surface area (Å²) in [5, 5.41) is 6.56. The topological polar surface area (TPSA) is 98.8 Å². The second-order valence-corrected chi connectivity index (χ2v) is 8.59. The molecule has 1 aromatic carbocycles. The van der Waals surface area contributed by atoms with Crippen molar-refractivity contribution in [3.63, 3.8) is 0 Å². The molecule has 0 bridgehead atoms. The molecule has 2 aromatic heterocycles. The van der Waals surface area contributed by atoms with Gasteiger partial charge in [0, 0.05) is 50.7 Å². The fraction of sp³-hybridized carbons (Fsp3) is 0.333. The second-order valence-electron chi connectivity index (χ2n) is 8.59. The maximum Gasteiger partial charge on any atom is 0.264 e. The van der Waals surface area contributed by atoms with Gasteiger partial charge in [0.15, 0.2) is 6.61 Å². The van der Waals surface area contributed by atoms with E-state index in [0.29, 0.717) is 17.5 Å². The lowest BCUT2D eigenvalue weighted by atomic mass is 10.2. The number of hydrogen-bond acceptors (Lipinski definition) is 9. The Morgan fingerprint density at radius 1 is 0.941 bits per heavy atom. The molecule has 2 aliphatic rings. The number of amides is 1. The molecule has 1 saturated heterocycles. The Hall–Kier alpha value is -3.92. The van der Waals surface area contributed by atoms with Gasteiger partial charge in [-0.3, -0.25) is 4.79 Å². The Labute approximate surface area is 198 Å². The fourth-order valence-corrected chi connectivity index (χ4v) is 3.93. The Bertz CT molecular complexity index is 1190. The number of ether oxygens (including phenoxy) is 1. The summed E-state index contributed by atoms with van der Waals surface area (Å²) < 4.78 is 5.51. The zero-order chi connectivity index (χ0) is 23.7. The van der Waals surface area contributed by atoms with Crippen LogP contribution in [-0.2, 0) is 4.79 Å². The van der Waals surface area contributed by atoms with Crippen molar-refractivity contribution in [1.29, 1.82) is 0 Å². The number of aromatic nitrogens is 3. The first-order valence-corrected chi connectivity index (χ1v) is 11.3. The Morgan fingerprint density at radius 3 is 2.50 bits per heavy atom. The van der Waals surface area contributed by atoms with Gasteiger partial charge >= 0.3 is 0 Å². The maximum absolute atomic E-state index is 12.0. The van der Waals surface area contributed by atoms with Crippen LogP contribution in [-0.4, -0.2) is 72.6 Å². The van der Waals surface area contributed by atoms with Crippen LogP contribution >= 0.6 is 0 Å². The Morgan fingerprint density at radius 2 is 1.74 bits per heavy atom. The molecule has 10 heteroatoms. The Kier molecular flexibility index (Phi) is 5.89. The first-order chi connectivity index (χ1) is 16.5. The van der Waals surface area contributed by atoms with Crippen LogP contribution in [0.3, 0.4) is 0 Å². The second kappa shape index (κ2) is 9.14. The highest BCUT2D eigenvalue weighted by atomic mass is 16.5. The molecule has 0 aliphatic carbocycles. The van der Waals surface area contributed by atoms with Crippen LogP contribution in [0.2, 0.25) is 0 Å². The summed E-state index contributed by atoms with van der Waals surface area (Å²) in [5.41, 5.74) is 3.24. The predicted octanol–water partition coefficient (Wildman–Crippen LogP) is 2.77. The van der Waals surface area contributed by atoms with Crippen LogP contribution in [0.1, 0.15) is 5.56 Å². The molecule has 3 aromatic rings.